The van der Waals surface area contributed by atoms with E-state index >= 15 is 0 Å². The Balaban J connectivity index is 1.28. The van der Waals surface area contributed by atoms with Crippen LogP contribution in [-0.4, -0.2) is 24.7 Å². The highest BCUT2D eigenvalue weighted by atomic mass is 16.5. The van der Waals surface area contributed by atoms with Crippen molar-refractivity contribution < 1.29 is 9.76 Å². The quantitative estimate of drug-likeness (QED) is 0.423. The van der Waals surface area contributed by atoms with E-state index in [0.717, 1.165) is 59.2 Å². The summed E-state index contributed by atoms with van der Waals surface area (Å²) in [6.07, 6.45) is 25.9. The van der Waals surface area contributed by atoms with E-state index in [1.807, 2.05) is 0 Å². The van der Waals surface area contributed by atoms with Gasteiger partial charge in [0.2, 0.25) is 0 Å². The molecule has 0 aromatic rings. The fraction of sp³-hybridized carbons (Fsp3) is 1.00. The molecule has 1 N–H and O–H groups in total. The number of rotatable bonds is 1. The first-order valence-electron chi connectivity index (χ1n) is 16.0. The second kappa shape index (κ2) is 8.24. The van der Waals surface area contributed by atoms with Crippen molar-refractivity contribution in [1.29, 1.82) is 0 Å². The summed E-state index contributed by atoms with van der Waals surface area (Å²) < 4.78 is 6.93. The maximum Gasteiger partial charge on any atom is 0.293 e. The van der Waals surface area contributed by atoms with Gasteiger partial charge >= 0.3 is 0 Å². The standard InChI is InChI=1S/C31H48BO2/c33-32-26-17-25-28(29-21-12-4-8-16-27(21)34-30(26)29)20-11-3-7-15-24(20)31(25)22-13-5-1-9-18(22)19-10-2-6-14-23(19)31/h18-30,33H,1-17H2. The van der Waals surface area contributed by atoms with Crippen molar-refractivity contribution in [3.8, 4) is 0 Å². The Labute approximate surface area is 209 Å². The fourth-order valence-electron chi connectivity index (χ4n) is 13.8. The Kier molecular flexibility index (Phi) is 5.34. The van der Waals surface area contributed by atoms with Gasteiger partial charge in [-0.05, 0) is 128 Å². The van der Waals surface area contributed by atoms with Gasteiger partial charge in [0.1, 0.15) is 0 Å². The van der Waals surface area contributed by atoms with Gasteiger partial charge in [-0.3, -0.25) is 0 Å². The summed E-state index contributed by atoms with van der Waals surface area (Å²) >= 11 is 0. The molecule has 187 valence electrons. The maximum atomic E-state index is 10.6. The molecule has 1 saturated heterocycles. The van der Waals surface area contributed by atoms with E-state index < -0.39 is 0 Å². The molecule has 1 heterocycles. The molecule has 0 bridgehead atoms. The SMILES string of the molecule is O[B]C1CC2C(C3CCCCC3C23C2CCCCC2C2CCCCC23)C2C3CCCCC3OC12. The van der Waals surface area contributed by atoms with Gasteiger partial charge in [-0.25, -0.2) is 0 Å². The van der Waals surface area contributed by atoms with Gasteiger partial charge in [-0.15, -0.1) is 0 Å². The van der Waals surface area contributed by atoms with Crippen molar-refractivity contribution in [2.45, 2.75) is 127 Å². The molecular weight excluding hydrogens is 415 g/mol. The van der Waals surface area contributed by atoms with Crippen molar-refractivity contribution in [2.75, 3.05) is 0 Å². The molecule has 8 fully saturated rings. The summed E-state index contributed by atoms with van der Waals surface area (Å²) in [5.74, 6) is 9.82. The van der Waals surface area contributed by atoms with Gasteiger partial charge in [0.05, 0.1) is 12.2 Å². The highest BCUT2D eigenvalue weighted by Crippen LogP contribution is 2.79. The summed E-state index contributed by atoms with van der Waals surface area (Å²) in [6.45, 7) is 0. The maximum absolute atomic E-state index is 10.6. The molecule has 7 saturated carbocycles. The number of ether oxygens (including phenoxy) is 1. The van der Waals surface area contributed by atoms with Gasteiger partial charge in [0, 0.05) is 0 Å². The van der Waals surface area contributed by atoms with Crippen LogP contribution in [0.5, 0.6) is 0 Å². The molecule has 3 heteroatoms. The first-order valence-corrected chi connectivity index (χ1v) is 16.0. The lowest BCUT2D eigenvalue weighted by Gasteiger charge is -2.53. The van der Waals surface area contributed by atoms with Crippen LogP contribution in [0, 0.1) is 64.6 Å². The number of hydrogen-bond donors (Lipinski definition) is 1. The van der Waals surface area contributed by atoms with Crippen LogP contribution in [0.2, 0.25) is 5.82 Å². The van der Waals surface area contributed by atoms with Crippen LogP contribution in [0.25, 0.3) is 0 Å². The van der Waals surface area contributed by atoms with E-state index in [1.165, 1.54) is 77.0 Å². The molecule has 2 nitrogen and oxygen atoms in total. The van der Waals surface area contributed by atoms with Crippen LogP contribution in [-0.2, 0) is 4.74 Å². The molecule has 1 radical (unpaired) electrons. The normalized spacial score (nSPS) is 60.0. The zero-order chi connectivity index (χ0) is 22.4. The smallest absolute Gasteiger partial charge is 0.293 e. The van der Waals surface area contributed by atoms with Crippen molar-refractivity contribution in [3.63, 3.8) is 0 Å². The van der Waals surface area contributed by atoms with Crippen molar-refractivity contribution in [1.82, 2.24) is 0 Å². The lowest BCUT2D eigenvalue weighted by atomic mass is 9.48. The van der Waals surface area contributed by atoms with Crippen molar-refractivity contribution in [2.24, 2.45) is 64.6 Å². The van der Waals surface area contributed by atoms with Crippen LogP contribution in [0.4, 0.5) is 0 Å². The Bertz CT molecular complexity index is 761. The van der Waals surface area contributed by atoms with E-state index in [2.05, 4.69) is 0 Å². The molecule has 7 aliphatic carbocycles. The molecule has 0 amide bonds. The predicted octanol–water partition coefficient (Wildman–Crippen LogP) is 7.03. The zero-order valence-corrected chi connectivity index (χ0v) is 21.5. The largest absolute Gasteiger partial charge is 0.454 e. The molecule has 1 spiro atoms. The van der Waals surface area contributed by atoms with Gasteiger partial charge in [-0.2, -0.15) is 0 Å². The summed E-state index contributed by atoms with van der Waals surface area (Å²) in [6, 6.07) is 0. The van der Waals surface area contributed by atoms with Crippen LogP contribution < -0.4 is 0 Å². The Hall–Kier alpha value is -0.0151. The average Bonchev–Trinajstić information content (AvgIpc) is 3.52. The van der Waals surface area contributed by atoms with Crippen molar-refractivity contribution in [3.05, 3.63) is 0 Å². The average molecular weight is 464 g/mol. The van der Waals surface area contributed by atoms with E-state index in [4.69, 9.17) is 4.74 Å². The van der Waals surface area contributed by atoms with E-state index in [9.17, 15) is 5.02 Å². The first kappa shape index (κ1) is 22.0. The third kappa shape index (κ3) is 2.73. The second-order valence-electron chi connectivity index (χ2n) is 14.6. The summed E-state index contributed by atoms with van der Waals surface area (Å²) in [4.78, 5) is 0. The minimum atomic E-state index is 0.304. The zero-order valence-electron chi connectivity index (χ0n) is 21.5. The second-order valence-corrected chi connectivity index (χ2v) is 14.6. The van der Waals surface area contributed by atoms with Crippen LogP contribution in [0.3, 0.4) is 0 Å². The molecule has 13 atom stereocenters. The van der Waals surface area contributed by atoms with Crippen molar-refractivity contribution >= 4 is 7.48 Å². The highest BCUT2D eigenvalue weighted by Gasteiger charge is 2.75. The van der Waals surface area contributed by atoms with E-state index in [0.29, 0.717) is 23.4 Å². The topological polar surface area (TPSA) is 29.5 Å². The predicted molar refractivity (Wildman–Crippen MR) is 136 cm³/mol. The van der Waals surface area contributed by atoms with Gasteiger partial charge in [-0.1, -0.05) is 51.4 Å². The minimum Gasteiger partial charge on any atom is -0.454 e. The van der Waals surface area contributed by atoms with E-state index in [1.54, 1.807) is 39.6 Å². The molecular formula is C31H48BO2. The lowest BCUT2D eigenvalue weighted by Crippen LogP contribution is -2.50. The lowest BCUT2D eigenvalue weighted by molar-refractivity contribution is -0.0628. The molecule has 0 aromatic carbocycles. The summed E-state index contributed by atoms with van der Waals surface area (Å²) in [5, 5.41) is 10.6. The van der Waals surface area contributed by atoms with Gasteiger partial charge in [0.15, 0.2) is 0 Å². The van der Waals surface area contributed by atoms with Gasteiger partial charge < -0.3 is 9.76 Å². The molecule has 1 aliphatic heterocycles. The minimum absolute atomic E-state index is 0.304. The van der Waals surface area contributed by atoms with Crippen LogP contribution in [0.15, 0.2) is 0 Å². The van der Waals surface area contributed by atoms with Crippen LogP contribution in [0.1, 0.15) is 109 Å². The number of hydrogen-bond acceptors (Lipinski definition) is 2. The third-order valence-electron chi connectivity index (χ3n) is 14.1. The molecule has 0 aromatic heterocycles. The molecule has 13 unspecified atom stereocenters. The van der Waals surface area contributed by atoms with Crippen LogP contribution >= 0.6 is 0 Å². The third-order valence-corrected chi connectivity index (χ3v) is 14.1. The molecule has 8 aliphatic rings. The van der Waals surface area contributed by atoms with Gasteiger partial charge in [0.25, 0.3) is 7.48 Å². The molecule has 8 rings (SSSR count). The number of fused-ring (bicyclic) bond motifs is 14. The summed E-state index contributed by atoms with van der Waals surface area (Å²) in [7, 11) is 1.65. The Morgan fingerprint density at radius 2 is 1.09 bits per heavy atom. The highest BCUT2D eigenvalue weighted by molar-refractivity contribution is 6.28. The van der Waals surface area contributed by atoms with E-state index in [-0.39, 0.29) is 0 Å². The molecule has 34 heavy (non-hydrogen) atoms. The monoisotopic (exact) mass is 463 g/mol. The Morgan fingerprint density at radius 1 is 0.559 bits per heavy atom. The summed E-state index contributed by atoms with van der Waals surface area (Å²) in [5.41, 5.74) is 0.630. The Morgan fingerprint density at radius 3 is 1.74 bits per heavy atom. The first-order chi connectivity index (χ1) is 16.8. The fourth-order valence-corrected chi connectivity index (χ4v) is 13.8.